The van der Waals surface area contributed by atoms with Gasteiger partial charge in [0.05, 0.1) is 6.04 Å². The summed E-state index contributed by atoms with van der Waals surface area (Å²) in [5.74, 6) is -0.296. The van der Waals surface area contributed by atoms with Gasteiger partial charge in [0.2, 0.25) is 0 Å². The van der Waals surface area contributed by atoms with Gasteiger partial charge in [0.15, 0.2) is 5.82 Å². The normalized spacial score (nSPS) is 22.2. The highest BCUT2D eigenvalue weighted by atomic mass is 79.9. The third-order valence-electron chi connectivity index (χ3n) is 2.74. The maximum Gasteiger partial charge on any atom is 0.156 e. The van der Waals surface area contributed by atoms with Crippen LogP contribution in [-0.2, 0) is 0 Å². The summed E-state index contributed by atoms with van der Waals surface area (Å²) in [5, 5.41) is 2.12. The quantitative estimate of drug-likeness (QED) is 0.838. The molecular weight excluding hydrogens is 261 g/mol. The molecule has 1 atom stereocenters. The van der Waals surface area contributed by atoms with Crippen LogP contribution in [0.2, 0.25) is 0 Å². The van der Waals surface area contributed by atoms with Crippen LogP contribution >= 0.6 is 15.9 Å². The Morgan fingerprint density at radius 1 is 1.67 bits per heavy atom. The second-order valence-corrected chi connectivity index (χ2v) is 4.37. The minimum atomic E-state index is -0.296. The predicted octanol–water partition coefficient (Wildman–Crippen LogP) is 2.25. The van der Waals surface area contributed by atoms with Gasteiger partial charge >= 0.3 is 0 Å². The number of aromatic nitrogens is 1. The maximum absolute atomic E-state index is 13.3. The molecule has 3 nitrogen and oxygen atoms in total. The summed E-state index contributed by atoms with van der Waals surface area (Å²) >= 11 is 3.05. The third-order valence-corrected chi connectivity index (χ3v) is 3.33. The van der Waals surface area contributed by atoms with Crippen molar-refractivity contribution in [2.75, 3.05) is 13.6 Å². The van der Waals surface area contributed by atoms with E-state index in [1.807, 2.05) is 7.05 Å². The second kappa shape index (κ2) is 4.55. The minimum Gasteiger partial charge on any atom is -0.258 e. The van der Waals surface area contributed by atoms with Crippen molar-refractivity contribution in [3.63, 3.8) is 0 Å². The fraction of sp³-hybridized carbons (Fsp3) is 0.500. The van der Waals surface area contributed by atoms with E-state index in [4.69, 9.17) is 0 Å². The summed E-state index contributed by atoms with van der Waals surface area (Å²) in [4.78, 5) is 3.98. The van der Waals surface area contributed by atoms with Gasteiger partial charge in [-0.15, -0.1) is 0 Å². The number of nitrogens with one attached hydrogen (secondary N) is 1. The fourth-order valence-electron chi connectivity index (χ4n) is 2.00. The lowest BCUT2D eigenvalue weighted by molar-refractivity contribution is 0.190. The van der Waals surface area contributed by atoms with Crippen molar-refractivity contribution in [3.8, 4) is 0 Å². The zero-order valence-corrected chi connectivity index (χ0v) is 10.1. The Balaban J connectivity index is 2.25. The number of nitrogens with zero attached hydrogens (tertiary/aromatic N) is 2. The van der Waals surface area contributed by atoms with Gasteiger partial charge in [-0.3, -0.25) is 5.43 Å². The summed E-state index contributed by atoms with van der Waals surface area (Å²) in [5.41, 5.74) is 4.05. The highest BCUT2D eigenvalue weighted by Crippen LogP contribution is 2.30. The molecule has 1 aliphatic heterocycles. The van der Waals surface area contributed by atoms with E-state index in [1.54, 1.807) is 12.3 Å². The van der Waals surface area contributed by atoms with E-state index in [-0.39, 0.29) is 16.5 Å². The molecule has 2 heterocycles. The van der Waals surface area contributed by atoms with Crippen molar-refractivity contribution in [1.29, 1.82) is 0 Å². The van der Waals surface area contributed by atoms with Gasteiger partial charge in [-0.25, -0.2) is 14.4 Å². The zero-order valence-electron chi connectivity index (χ0n) is 8.50. The molecule has 1 aromatic heterocycles. The van der Waals surface area contributed by atoms with Crippen LogP contribution in [0.3, 0.4) is 0 Å². The van der Waals surface area contributed by atoms with Gasteiger partial charge < -0.3 is 0 Å². The standard InChI is InChI=1S/C10H13BrFN3/c1-13-15-4-2-3-9(15)7-5-8(12)10(11)14-6-7/h5-6,9,13H,2-4H2,1H3/t9-/m1/s1. The topological polar surface area (TPSA) is 28.2 Å². The zero-order chi connectivity index (χ0) is 10.8. The Morgan fingerprint density at radius 3 is 3.13 bits per heavy atom. The van der Waals surface area contributed by atoms with Crippen LogP contribution in [-0.4, -0.2) is 23.6 Å². The van der Waals surface area contributed by atoms with E-state index < -0.39 is 0 Å². The van der Waals surface area contributed by atoms with E-state index >= 15 is 0 Å². The van der Waals surface area contributed by atoms with Crippen molar-refractivity contribution in [2.45, 2.75) is 18.9 Å². The molecule has 0 bridgehead atoms. The van der Waals surface area contributed by atoms with Crippen molar-refractivity contribution >= 4 is 15.9 Å². The molecule has 0 spiro atoms. The number of hydrogen-bond donors (Lipinski definition) is 1. The van der Waals surface area contributed by atoms with Gasteiger partial charge in [-0.05, 0) is 47.4 Å². The van der Waals surface area contributed by atoms with Gasteiger partial charge in [-0.1, -0.05) is 0 Å². The lowest BCUT2D eigenvalue weighted by Gasteiger charge is -2.23. The van der Waals surface area contributed by atoms with Crippen molar-refractivity contribution in [1.82, 2.24) is 15.4 Å². The van der Waals surface area contributed by atoms with Crippen LogP contribution in [0.25, 0.3) is 0 Å². The Morgan fingerprint density at radius 2 is 2.47 bits per heavy atom. The Bertz CT molecular complexity index is 359. The van der Waals surface area contributed by atoms with Crippen LogP contribution in [0.1, 0.15) is 24.4 Å². The molecule has 15 heavy (non-hydrogen) atoms. The van der Waals surface area contributed by atoms with Gasteiger partial charge in [0.1, 0.15) is 4.60 Å². The molecule has 1 N–H and O–H groups in total. The highest BCUT2D eigenvalue weighted by molar-refractivity contribution is 9.10. The number of halogens is 2. The smallest absolute Gasteiger partial charge is 0.156 e. The number of rotatable bonds is 2. The van der Waals surface area contributed by atoms with Gasteiger partial charge in [-0.2, -0.15) is 0 Å². The monoisotopic (exact) mass is 273 g/mol. The van der Waals surface area contributed by atoms with E-state index in [2.05, 4.69) is 31.3 Å². The Hall–Kier alpha value is -0.520. The largest absolute Gasteiger partial charge is 0.258 e. The number of hydrazine groups is 1. The van der Waals surface area contributed by atoms with E-state index in [0.717, 1.165) is 24.9 Å². The average molecular weight is 274 g/mol. The molecule has 82 valence electrons. The van der Waals surface area contributed by atoms with E-state index in [9.17, 15) is 4.39 Å². The molecule has 0 aliphatic carbocycles. The summed E-state index contributed by atoms with van der Waals surface area (Å²) in [6, 6.07) is 1.79. The molecule has 1 aliphatic rings. The van der Waals surface area contributed by atoms with Crippen molar-refractivity contribution in [2.24, 2.45) is 0 Å². The first-order valence-electron chi connectivity index (χ1n) is 4.97. The lowest BCUT2D eigenvalue weighted by atomic mass is 10.1. The molecule has 0 radical (unpaired) electrons. The molecule has 1 aromatic rings. The summed E-state index contributed by atoms with van der Waals surface area (Å²) in [6.07, 6.45) is 3.90. The van der Waals surface area contributed by atoms with Crippen molar-refractivity contribution < 1.29 is 4.39 Å². The first-order chi connectivity index (χ1) is 7.22. The number of pyridine rings is 1. The molecule has 1 fully saturated rings. The summed E-state index contributed by atoms with van der Waals surface area (Å²) in [7, 11) is 1.89. The maximum atomic E-state index is 13.3. The fourth-order valence-corrected chi connectivity index (χ4v) is 2.22. The first-order valence-corrected chi connectivity index (χ1v) is 5.76. The molecule has 0 saturated carbocycles. The van der Waals surface area contributed by atoms with Crippen molar-refractivity contribution in [3.05, 3.63) is 28.2 Å². The van der Waals surface area contributed by atoms with Crippen LogP contribution < -0.4 is 5.43 Å². The first kappa shape index (κ1) is 11.0. The van der Waals surface area contributed by atoms with Crippen LogP contribution in [0.15, 0.2) is 16.9 Å². The van der Waals surface area contributed by atoms with E-state index in [1.165, 1.54) is 0 Å². The van der Waals surface area contributed by atoms with Gasteiger partial charge in [0, 0.05) is 12.7 Å². The van der Waals surface area contributed by atoms with E-state index in [0.29, 0.717) is 0 Å². The lowest BCUT2D eigenvalue weighted by Crippen LogP contribution is -2.34. The molecule has 1 saturated heterocycles. The Kier molecular flexibility index (Phi) is 3.33. The molecule has 0 unspecified atom stereocenters. The molecule has 2 rings (SSSR count). The Labute approximate surface area is 96.8 Å². The van der Waals surface area contributed by atoms with Gasteiger partial charge in [0.25, 0.3) is 0 Å². The summed E-state index contributed by atoms with van der Waals surface area (Å²) in [6.45, 7) is 0.999. The SMILES string of the molecule is CNN1CCC[C@@H]1c1cnc(Br)c(F)c1. The highest BCUT2D eigenvalue weighted by Gasteiger charge is 2.25. The number of hydrogen-bond acceptors (Lipinski definition) is 3. The van der Waals surface area contributed by atoms with Crippen LogP contribution in [0.5, 0.6) is 0 Å². The molecule has 0 amide bonds. The average Bonchev–Trinajstić information content (AvgIpc) is 2.70. The second-order valence-electron chi connectivity index (χ2n) is 3.62. The third kappa shape index (κ3) is 2.19. The molecule has 5 heteroatoms. The van der Waals surface area contributed by atoms with Crippen LogP contribution in [0.4, 0.5) is 4.39 Å². The minimum absolute atomic E-state index is 0.241. The molecular formula is C10H13BrFN3. The van der Waals surface area contributed by atoms with Crippen LogP contribution in [0, 0.1) is 5.82 Å². The predicted molar refractivity (Wildman–Crippen MR) is 59.6 cm³/mol. The summed E-state index contributed by atoms with van der Waals surface area (Å²) < 4.78 is 13.6. The molecule has 0 aromatic carbocycles.